The van der Waals surface area contributed by atoms with Crippen molar-refractivity contribution in [1.29, 1.82) is 0 Å². The van der Waals surface area contributed by atoms with Gasteiger partial charge in [0.2, 0.25) is 0 Å². The molecule has 1 atom stereocenters. The molecule has 0 saturated heterocycles. The van der Waals surface area contributed by atoms with Gasteiger partial charge in [0.15, 0.2) is 5.96 Å². The van der Waals surface area contributed by atoms with Crippen LogP contribution < -0.4 is 29.6 Å². The first kappa shape index (κ1) is 22.2. The van der Waals surface area contributed by atoms with Gasteiger partial charge in [-0.25, -0.2) is 0 Å². The molecule has 7 heteroatoms. The monoisotopic (exact) mass is 401 g/mol. The van der Waals surface area contributed by atoms with Crippen LogP contribution in [0, 0.1) is 6.92 Å². The lowest BCUT2D eigenvalue weighted by molar-refractivity contribution is 0.222. The molecule has 0 aliphatic rings. The average molecular weight is 402 g/mol. The molecule has 2 aromatic carbocycles. The number of methoxy groups -OCH3 is 3. The fourth-order valence-electron chi connectivity index (χ4n) is 2.83. The number of guanidine groups is 1. The molecular weight excluding hydrogens is 370 g/mol. The number of nitrogens with one attached hydrogen (secondary N) is 2. The van der Waals surface area contributed by atoms with Crippen molar-refractivity contribution >= 4 is 5.96 Å². The largest absolute Gasteiger partial charge is 0.496 e. The molecule has 7 nitrogen and oxygen atoms in total. The van der Waals surface area contributed by atoms with Crippen LogP contribution in [0.2, 0.25) is 0 Å². The number of ether oxygens (including phenoxy) is 4. The third kappa shape index (κ3) is 6.20. The van der Waals surface area contributed by atoms with Gasteiger partial charge in [-0.1, -0.05) is 18.2 Å². The van der Waals surface area contributed by atoms with Crippen molar-refractivity contribution in [3.05, 3.63) is 47.5 Å². The summed E-state index contributed by atoms with van der Waals surface area (Å²) >= 11 is 0. The van der Waals surface area contributed by atoms with Gasteiger partial charge in [0.1, 0.15) is 29.1 Å². The fraction of sp³-hybridized carbons (Fsp3) is 0.409. The van der Waals surface area contributed by atoms with Gasteiger partial charge in [-0.15, -0.1) is 0 Å². The fourth-order valence-corrected chi connectivity index (χ4v) is 2.83. The highest BCUT2D eigenvalue weighted by Gasteiger charge is 2.14. The SMILES string of the molecule is CN=C(NCc1c(OC)cc(OC)cc1OC)NCC(C)Oc1ccccc1C. The van der Waals surface area contributed by atoms with Crippen LogP contribution in [0.4, 0.5) is 0 Å². The molecule has 2 N–H and O–H groups in total. The highest BCUT2D eigenvalue weighted by atomic mass is 16.5. The maximum Gasteiger partial charge on any atom is 0.191 e. The zero-order valence-corrected chi connectivity index (χ0v) is 18.0. The second-order valence-electron chi connectivity index (χ2n) is 6.51. The van der Waals surface area contributed by atoms with Crippen molar-refractivity contribution in [2.45, 2.75) is 26.5 Å². The topological polar surface area (TPSA) is 73.3 Å². The summed E-state index contributed by atoms with van der Waals surface area (Å²) in [6.07, 6.45) is -0.0280. The Bertz CT molecular complexity index is 798. The summed E-state index contributed by atoms with van der Waals surface area (Å²) in [5.41, 5.74) is 1.99. The lowest BCUT2D eigenvalue weighted by Gasteiger charge is -2.20. The number of benzene rings is 2. The van der Waals surface area contributed by atoms with Gasteiger partial charge >= 0.3 is 0 Å². The van der Waals surface area contributed by atoms with Crippen molar-refractivity contribution < 1.29 is 18.9 Å². The number of aryl methyl sites for hydroxylation is 1. The predicted octanol–water partition coefficient (Wildman–Crippen LogP) is 3.15. The first-order chi connectivity index (χ1) is 14.0. The second kappa shape index (κ2) is 11.0. The summed E-state index contributed by atoms with van der Waals surface area (Å²) < 4.78 is 22.3. The number of para-hydroxylation sites is 1. The molecule has 0 saturated carbocycles. The van der Waals surface area contributed by atoms with E-state index in [9.17, 15) is 0 Å². The molecule has 0 radical (unpaired) electrons. The van der Waals surface area contributed by atoms with Crippen LogP contribution in [0.15, 0.2) is 41.4 Å². The number of aliphatic imine (C=N–C) groups is 1. The molecule has 0 heterocycles. The van der Waals surface area contributed by atoms with Crippen LogP contribution in [0.1, 0.15) is 18.1 Å². The van der Waals surface area contributed by atoms with Crippen molar-refractivity contribution in [2.75, 3.05) is 34.9 Å². The molecule has 0 amide bonds. The van der Waals surface area contributed by atoms with E-state index in [1.165, 1.54) is 0 Å². The molecule has 0 fully saturated rings. The van der Waals surface area contributed by atoms with E-state index in [0.717, 1.165) is 16.9 Å². The van der Waals surface area contributed by atoms with E-state index in [0.29, 0.717) is 36.3 Å². The van der Waals surface area contributed by atoms with Gasteiger partial charge < -0.3 is 29.6 Å². The minimum absolute atomic E-state index is 0.0280. The van der Waals surface area contributed by atoms with Gasteiger partial charge in [-0.2, -0.15) is 0 Å². The third-order valence-electron chi connectivity index (χ3n) is 4.45. The Kier molecular flexibility index (Phi) is 8.45. The van der Waals surface area contributed by atoms with Crippen LogP contribution >= 0.6 is 0 Å². The zero-order valence-electron chi connectivity index (χ0n) is 18.0. The van der Waals surface area contributed by atoms with Gasteiger partial charge in [-0.3, -0.25) is 4.99 Å². The molecule has 1 unspecified atom stereocenters. The molecule has 29 heavy (non-hydrogen) atoms. The average Bonchev–Trinajstić information content (AvgIpc) is 2.74. The molecule has 158 valence electrons. The smallest absolute Gasteiger partial charge is 0.191 e. The number of rotatable bonds is 9. The van der Waals surface area contributed by atoms with Gasteiger partial charge in [-0.05, 0) is 25.5 Å². The zero-order chi connectivity index (χ0) is 21.2. The Hall–Kier alpha value is -3.09. The molecule has 0 aromatic heterocycles. The Morgan fingerprint density at radius 3 is 2.17 bits per heavy atom. The second-order valence-corrected chi connectivity index (χ2v) is 6.51. The van der Waals surface area contributed by atoms with E-state index in [1.807, 2.05) is 50.2 Å². The van der Waals surface area contributed by atoms with Gasteiger partial charge in [0, 0.05) is 19.2 Å². The van der Waals surface area contributed by atoms with E-state index in [1.54, 1.807) is 28.4 Å². The first-order valence-corrected chi connectivity index (χ1v) is 9.48. The summed E-state index contributed by atoms with van der Waals surface area (Å²) in [7, 11) is 6.58. The highest BCUT2D eigenvalue weighted by molar-refractivity contribution is 5.79. The minimum Gasteiger partial charge on any atom is -0.496 e. The van der Waals surface area contributed by atoms with E-state index in [-0.39, 0.29) is 6.10 Å². The first-order valence-electron chi connectivity index (χ1n) is 9.48. The van der Waals surface area contributed by atoms with E-state index < -0.39 is 0 Å². The molecule has 2 aromatic rings. The summed E-state index contributed by atoms with van der Waals surface area (Å²) in [6.45, 7) is 5.13. The molecule has 0 aliphatic carbocycles. The highest BCUT2D eigenvalue weighted by Crippen LogP contribution is 2.33. The molecule has 2 rings (SSSR count). The minimum atomic E-state index is -0.0280. The number of hydrogen-bond donors (Lipinski definition) is 2. The van der Waals surface area contributed by atoms with E-state index in [2.05, 4.69) is 15.6 Å². The summed E-state index contributed by atoms with van der Waals surface area (Å²) in [6, 6.07) is 11.6. The Morgan fingerprint density at radius 2 is 1.62 bits per heavy atom. The molecular formula is C22H31N3O4. The number of hydrogen-bond acceptors (Lipinski definition) is 5. The van der Waals surface area contributed by atoms with Crippen molar-refractivity contribution in [3.63, 3.8) is 0 Å². The lowest BCUT2D eigenvalue weighted by Crippen LogP contribution is -2.41. The Morgan fingerprint density at radius 1 is 0.966 bits per heavy atom. The van der Waals surface area contributed by atoms with Crippen LogP contribution in [-0.2, 0) is 6.54 Å². The predicted molar refractivity (Wildman–Crippen MR) is 116 cm³/mol. The van der Waals surface area contributed by atoms with Crippen LogP contribution in [0.5, 0.6) is 23.0 Å². The van der Waals surface area contributed by atoms with Crippen molar-refractivity contribution in [3.8, 4) is 23.0 Å². The van der Waals surface area contributed by atoms with Crippen molar-refractivity contribution in [2.24, 2.45) is 4.99 Å². The Balaban J connectivity index is 1.96. The molecule has 0 aliphatic heterocycles. The number of nitrogens with zero attached hydrogens (tertiary/aromatic N) is 1. The summed E-state index contributed by atoms with van der Waals surface area (Å²) in [4.78, 5) is 4.28. The third-order valence-corrected chi connectivity index (χ3v) is 4.45. The maximum atomic E-state index is 6.00. The van der Waals surface area contributed by atoms with Crippen LogP contribution in [0.3, 0.4) is 0 Å². The molecule has 0 bridgehead atoms. The maximum absolute atomic E-state index is 6.00. The summed E-state index contributed by atoms with van der Waals surface area (Å²) in [5.74, 6) is 3.58. The lowest BCUT2D eigenvalue weighted by atomic mass is 10.1. The van der Waals surface area contributed by atoms with E-state index >= 15 is 0 Å². The standard InChI is InChI=1S/C22H31N3O4/c1-15-9-7-8-10-19(15)29-16(2)13-24-22(23-3)25-14-18-20(27-5)11-17(26-4)12-21(18)28-6/h7-12,16H,13-14H2,1-6H3,(H2,23,24,25). The van der Waals surface area contributed by atoms with Gasteiger partial charge in [0.05, 0.1) is 40.0 Å². The Labute approximate surface area is 173 Å². The summed E-state index contributed by atoms with van der Waals surface area (Å²) in [5, 5.41) is 6.57. The van der Waals surface area contributed by atoms with Crippen LogP contribution in [-0.4, -0.2) is 47.0 Å². The van der Waals surface area contributed by atoms with Gasteiger partial charge in [0.25, 0.3) is 0 Å². The quantitative estimate of drug-likeness (QED) is 0.497. The van der Waals surface area contributed by atoms with Crippen molar-refractivity contribution in [1.82, 2.24) is 10.6 Å². The normalized spacial score (nSPS) is 12.1. The molecule has 0 spiro atoms. The van der Waals surface area contributed by atoms with E-state index in [4.69, 9.17) is 18.9 Å². The van der Waals surface area contributed by atoms with Crippen LogP contribution in [0.25, 0.3) is 0 Å².